The first-order valence-corrected chi connectivity index (χ1v) is 13.0. The number of hydrogen-bond acceptors (Lipinski definition) is 10. The van der Waals surface area contributed by atoms with Gasteiger partial charge in [0.05, 0.1) is 39.4 Å². The molecular formula is C23H16N4O12S2. The quantitative estimate of drug-likeness (QED) is 0.0499. The van der Waals surface area contributed by atoms with Crippen LogP contribution in [0.4, 0.5) is 0 Å². The Balaban J connectivity index is 1.74. The van der Waals surface area contributed by atoms with Crippen LogP contribution in [0, 0.1) is 0 Å². The van der Waals surface area contributed by atoms with E-state index in [-0.39, 0.29) is 16.9 Å². The number of aromatic amines is 2. The molecule has 16 nitrogen and oxygen atoms in total. The number of rotatable bonds is 10. The van der Waals surface area contributed by atoms with Gasteiger partial charge >= 0.3 is 11.9 Å². The number of carboxylic acids is 2. The van der Waals surface area contributed by atoms with Crippen LogP contribution < -0.4 is 11.1 Å². The maximum atomic E-state index is 13.0. The molecule has 0 unspecified atom stereocenters. The lowest BCUT2D eigenvalue weighted by molar-refractivity contribution is -0.432. The molecule has 0 radical (unpaired) electrons. The summed E-state index contributed by atoms with van der Waals surface area (Å²) >= 11 is 0.667. The van der Waals surface area contributed by atoms with E-state index in [2.05, 4.69) is 25.3 Å². The summed E-state index contributed by atoms with van der Waals surface area (Å²) in [6.45, 7) is 0. The monoisotopic (exact) mass is 604 g/mol. The number of carbonyl (C=O) groups is 2. The highest BCUT2D eigenvalue weighted by Crippen LogP contribution is 2.21. The maximum absolute atomic E-state index is 13.0. The molecule has 212 valence electrons. The SMILES string of the molecule is O=C(O)c1[nH]n(-c2ccc(SOOO)cc2)c(=O)c1C=C=Cc1c(C(=O)O)[nH]n(-c2ccc(S(=O)(=O)O)cc2)c1=O. The molecule has 4 aromatic rings. The molecule has 41 heavy (non-hydrogen) atoms. The second-order valence-electron chi connectivity index (χ2n) is 7.84. The molecule has 0 amide bonds. The van der Waals surface area contributed by atoms with Gasteiger partial charge in [-0.15, -0.1) is 10.1 Å². The van der Waals surface area contributed by atoms with Crippen molar-refractivity contribution in [1.29, 1.82) is 0 Å². The molecule has 18 heteroatoms. The predicted molar refractivity (Wildman–Crippen MR) is 140 cm³/mol. The summed E-state index contributed by atoms with van der Waals surface area (Å²) in [6, 6.07) is 10.2. The van der Waals surface area contributed by atoms with Gasteiger partial charge in [-0.1, -0.05) is 5.04 Å². The first-order chi connectivity index (χ1) is 19.4. The fourth-order valence-corrected chi connectivity index (χ4v) is 4.37. The zero-order valence-corrected chi connectivity index (χ0v) is 21.7. The molecule has 0 bridgehead atoms. The molecule has 0 spiro atoms. The highest BCUT2D eigenvalue weighted by Gasteiger charge is 2.21. The highest BCUT2D eigenvalue weighted by atomic mass is 32.2. The van der Waals surface area contributed by atoms with Crippen molar-refractivity contribution in [3.8, 4) is 11.4 Å². The number of carboxylic acid groups (broad SMARTS) is 2. The van der Waals surface area contributed by atoms with Gasteiger partial charge in [0.15, 0.2) is 11.4 Å². The maximum Gasteiger partial charge on any atom is 0.354 e. The van der Waals surface area contributed by atoms with Gasteiger partial charge in [-0.3, -0.25) is 24.3 Å². The molecule has 0 saturated carbocycles. The molecular weight excluding hydrogens is 588 g/mol. The molecule has 2 aromatic carbocycles. The zero-order valence-electron chi connectivity index (χ0n) is 20.0. The third-order valence-corrected chi connectivity index (χ3v) is 6.85. The summed E-state index contributed by atoms with van der Waals surface area (Å²) in [5, 5.41) is 35.7. The molecule has 0 saturated heterocycles. The molecule has 0 atom stereocenters. The van der Waals surface area contributed by atoms with Crippen molar-refractivity contribution < 1.29 is 47.4 Å². The summed E-state index contributed by atoms with van der Waals surface area (Å²) in [5.41, 5.74) is -0.824. The van der Waals surface area contributed by atoms with Crippen LogP contribution in [0.15, 0.2) is 73.6 Å². The molecule has 0 aliphatic rings. The van der Waals surface area contributed by atoms with Crippen molar-refractivity contribution in [1.82, 2.24) is 19.6 Å². The summed E-state index contributed by atoms with van der Waals surface area (Å²) < 4.78 is 37.7. The Morgan fingerprint density at radius 2 is 1.27 bits per heavy atom. The van der Waals surface area contributed by atoms with Crippen molar-refractivity contribution in [3.05, 3.63) is 97.5 Å². The minimum Gasteiger partial charge on any atom is -0.477 e. The van der Waals surface area contributed by atoms with E-state index in [9.17, 15) is 37.8 Å². The fraction of sp³-hybridized carbons (Fsp3) is 0. The van der Waals surface area contributed by atoms with Crippen LogP contribution in [0.3, 0.4) is 0 Å². The standard InChI is InChI=1S/C23H16N4O12S2/c28-20-16(18(22(30)31)24-26(20)12-4-8-14(9-5-12)40-39-38-34)2-1-3-17-19(23(32)33)25-27(21(17)29)13-6-10-15(11-7-13)41(35,36)37/h2-11,24-25,34H,(H,30,31)(H,32,33)(H,35,36,37). The van der Waals surface area contributed by atoms with E-state index < -0.39 is 55.0 Å². The van der Waals surface area contributed by atoms with Crippen molar-refractivity contribution in [2.24, 2.45) is 0 Å². The van der Waals surface area contributed by atoms with Crippen molar-refractivity contribution in [3.63, 3.8) is 0 Å². The van der Waals surface area contributed by atoms with Gasteiger partial charge in [0.2, 0.25) is 0 Å². The first-order valence-electron chi connectivity index (χ1n) is 10.8. The number of H-pyrrole nitrogens is 2. The summed E-state index contributed by atoms with van der Waals surface area (Å²) in [7, 11) is -4.50. The van der Waals surface area contributed by atoms with Crippen molar-refractivity contribution in [2.45, 2.75) is 9.79 Å². The van der Waals surface area contributed by atoms with Gasteiger partial charge in [-0.2, -0.15) is 8.42 Å². The molecule has 0 aliphatic carbocycles. The molecule has 2 heterocycles. The summed E-state index contributed by atoms with van der Waals surface area (Å²) in [4.78, 5) is 49.5. The Labute approximate surface area is 231 Å². The Morgan fingerprint density at radius 1 is 0.829 bits per heavy atom. The van der Waals surface area contributed by atoms with Gasteiger partial charge in [0, 0.05) is 4.90 Å². The Bertz CT molecular complexity index is 1930. The summed E-state index contributed by atoms with van der Waals surface area (Å²) in [5.74, 6) is -3.02. The smallest absolute Gasteiger partial charge is 0.354 e. The average molecular weight is 605 g/mol. The van der Waals surface area contributed by atoms with E-state index in [1.165, 1.54) is 24.3 Å². The van der Waals surface area contributed by atoms with E-state index in [4.69, 9.17) is 9.81 Å². The number of nitrogens with one attached hydrogen (secondary N) is 2. The normalized spacial score (nSPS) is 11.2. The van der Waals surface area contributed by atoms with Crippen LogP contribution >= 0.6 is 12.0 Å². The fourth-order valence-electron chi connectivity index (χ4n) is 3.54. The summed E-state index contributed by atoms with van der Waals surface area (Å²) in [6.07, 6.45) is 1.89. The minimum atomic E-state index is -4.50. The predicted octanol–water partition coefficient (Wildman–Crippen LogP) is 2.04. The first kappa shape index (κ1) is 29.1. The third-order valence-electron chi connectivity index (χ3n) is 5.38. The second kappa shape index (κ2) is 11.7. The lowest BCUT2D eigenvalue weighted by Gasteiger charge is -2.02. The van der Waals surface area contributed by atoms with Gasteiger partial charge in [-0.25, -0.2) is 24.2 Å². The van der Waals surface area contributed by atoms with Crippen LogP contribution in [-0.4, -0.2) is 59.9 Å². The molecule has 2 aromatic heterocycles. The van der Waals surface area contributed by atoms with E-state index in [1.54, 1.807) is 0 Å². The van der Waals surface area contributed by atoms with Crippen molar-refractivity contribution >= 4 is 46.3 Å². The van der Waals surface area contributed by atoms with Gasteiger partial charge in [0.1, 0.15) is 0 Å². The largest absolute Gasteiger partial charge is 0.477 e. The number of aromatic carboxylic acids is 2. The third kappa shape index (κ3) is 6.13. The van der Waals surface area contributed by atoms with Crippen LogP contribution in [0.2, 0.25) is 0 Å². The molecule has 6 N–H and O–H groups in total. The second-order valence-corrected chi connectivity index (χ2v) is 10.0. The van der Waals surface area contributed by atoms with Crippen LogP contribution in [0.5, 0.6) is 0 Å². The van der Waals surface area contributed by atoms with Gasteiger partial charge < -0.3 is 10.2 Å². The average Bonchev–Trinajstić information content (AvgIpc) is 3.44. The Kier molecular flexibility index (Phi) is 8.26. The van der Waals surface area contributed by atoms with Crippen LogP contribution in [-0.2, 0) is 19.5 Å². The number of hydrogen-bond donors (Lipinski definition) is 6. The van der Waals surface area contributed by atoms with E-state index >= 15 is 0 Å². The lowest BCUT2D eigenvalue weighted by Crippen LogP contribution is -2.16. The van der Waals surface area contributed by atoms with E-state index in [1.807, 2.05) is 0 Å². The van der Waals surface area contributed by atoms with Gasteiger partial charge in [-0.05, 0) is 60.7 Å². The molecule has 0 fully saturated rings. The Hall–Kier alpha value is -4.94. The van der Waals surface area contributed by atoms with E-state index in [0.717, 1.165) is 45.8 Å². The minimum absolute atomic E-state index is 0.0371. The number of aromatic nitrogens is 4. The molecule has 4 rings (SSSR count). The van der Waals surface area contributed by atoms with Gasteiger partial charge in [0.25, 0.3) is 21.2 Å². The van der Waals surface area contributed by atoms with Crippen LogP contribution in [0.25, 0.3) is 23.5 Å². The number of benzene rings is 2. The molecule has 0 aliphatic heterocycles. The lowest BCUT2D eigenvalue weighted by atomic mass is 10.2. The van der Waals surface area contributed by atoms with Crippen LogP contribution in [0.1, 0.15) is 32.1 Å². The topological polar surface area (TPSA) is 243 Å². The van der Waals surface area contributed by atoms with Crippen molar-refractivity contribution in [2.75, 3.05) is 0 Å². The zero-order chi connectivity index (χ0) is 29.9. The Morgan fingerprint density at radius 3 is 1.66 bits per heavy atom. The highest BCUT2D eigenvalue weighted by molar-refractivity contribution is 7.94. The number of nitrogens with zero attached hydrogens (tertiary/aromatic N) is 2. The van der Waals surface area contributed by atoms with E-state index in [0.29, 0.717) is 16.9 Å².